The third-order valence-electron chi connectivity index (χ3n) is 12.2. The highest BCUT2D eigenvalue weighted by Gasteiger charge is 2.39. The summed E-state index contributed by atoms with van der Waals surface area (Å²) in [6.07, 6.45) is 9.90. The van der Waals surface area contributed by atoms with Crippen molar-refractivity contribution in [3.8, 4) is 39.9 Å². The molecule has 0 bridgehead atoms. The van der Waals surface area contributed by atoms with Crippen molar-refractivity contribution in [1.82, 2.24) is 0 Å². The average Bonchev–Trinajstić information content (AvgIpc) is 3.16. The average molecular weight is 758 g/mol. The highest BCUT2D eigenvalue weighted by Crippen LogP contribution is 2.54. The van der Waals surface area contributed by atoms with Crippen LogP contribution in [0.3, 0.4) is 0 Å². The van der Waals surface area contributed by atoms with Crippen LogP contribution in [0.25, 0.3) is 11.1 Å². The van der Waals surface area contributed by atoms with Crippen molar-refractivity contribution in [1.29, 1.82) is 0 Å². The lowest BCUT2D eigenvalue weighted by Gasteiger charge is -2.38. The van der Waals surface area contributed by atoms with Crippen LogP contribution >= 0.6 is 0 Å². The molecule has 10 nitrogen and oxygen atoms in total. The quantitative estimate of drug-likeness (QED) is 0.0629. The van der Waals surface area contributed by atoms with Gasteiger partial charge < -0.3 is 46.1 Å². The molecule has 0 amide bonds. The van der Waals surface area contributed by atoms with Gasteiger partial charge in [-0.15, -0.1) is 0 Å². The molecule has 6 atom stereocenters. The molecule has 1 heterocycles. The Kier molecular flexibility index (Phi) is 13.4. The summed E-state index contributed by atoms with van der Waals surface area (Å²) in [5.74, 6) is 3.51. The summed E-state index contributed by atoms with van der Waals surface area (Å²) in [6.45, 7) is 7.26. The Bertz CT molecular complexity index is 1810. The summed E-state index contributed by atoms with van der Waals surface area (Å²) < 4.78 is 19.5. The predicted octanol–water partition coefficient (Wildman–Crippen LogP) is 7.83. The topological polar surface area (TPSA) is 173 Å². The number of nitrogens with zero attached hydrogens (tertiary/aromatic N) is 1. The maximum Gasteiger partial charge on any atom is 0.185 e. The molecule has 1 saturated carbocycles. The molecule has 1 fully saturated rings. The largest absolute Gasteiger partial charge is 0.508 e. The monoisotopic (exact) mass is 757 g/mol. The molecular formula is C45H63N3O7. The van der Waals surface area contributed by atoms with Crippen LogP contribution in [-0.4, -0.2) is 58.9 Å². The second kappa shape index (κ2) is 18.2. The number of phenols is 2. The zero-order chi connectivity index (χ0) is 39.2. The smallest absolute Gasteiger partial charge is 0.185 e. The van der Waals surface area contributed by atoms with E-state index in [1.54, 1.807) is 19.2 Å². The molecule has 3 aromatic rings. The van der Waals surface area contributed by atoms with Crippen molar-refractivity contribution in [3.05, 3.63) is 64.2 Å². The first-order valence-electron chi connectivity index (χ1n) is 20.6. The van der Waals surface area contributed by atoms with Gasteiger partial charge in [-0.25, -0.2) is 0 Å². The third-order valence-corrected chi connectivity index (χ3v) is 12.2. The molecule has 0 unspecified atom stereocenters. The number of phenolic OH excluding ortho intramolecular Hbond substituents is 2. The molecule has 3 aromatic carbocycles. The molecular weight excluding hydrogens is 695 g/mol. The van der Waals surface area contributed by atoms with E-state index in [4.69, 9.17) is 25.7 Å². The first-order chi connectivity index (χ1) is 26.5. The van der Waals surface area contributed by atoms with Crippen LogP contribution in [0.5, 0.6) is 28.7 Å². The van der Waals surface area contributed by atoms with E-state index >= 15 is 0 Å². The van der Waals surface area contributed by atoms with Crippen molar-refractivity contribution in [2.75, 3.05) is 20.3 Å². The number of aromatic hydroxyl groups is 2. The standard InChI is InChI=1S/C45H63N3O7/c1-5-27(9-8-18-49)12-13-29-20-31-22-36(51)32(19-26(2)3)21-33(31)43-41(53-4)25-39-34(42(29)43)24-37(52)44(55-39)30-14-15-35(50)40(23-30)54-38-11-7-6-10-28(38)16-17-48-45(46)47/h14-15,21-23,25-29,37-38,44,49-52H,5-13,16-20,24H2,1-4H3,(H4,46,47,48)/t27-,28-,29-,37-,38-,44+/m1/s1. The Labute approximate surface area is 326 Å². The molecule has 300 valence electrons. The SMILES string of the molecule is CC[C@H](CCCO)CC[C@@H]1Cc2cc(O)c(CC(C)C)cc2-c2c(OC)cc3c(c21)C[C@@H](O)[C@H](c1ccc(O)c(O[C@@H]2CCCC[C@@H]2CCN=C(N)N)c1)O3. The van der Waals surface area contributed by atoms with Gasteiger partial charge in [0.2, 0.25) is 0 Å². The fourth-order valence-corrected chi connectivity index (χ4v) is 9.37. The molecule has 2 aliphatic carbocycles. The Morgan fingerprint density at radius 2 is 1.78 bits per heavy atom. The van der Waals surface area contributed by atoms with Gasteiger partial charge in [0.15, 0.2) is 17.5 Å². The highest BCUT2D eigenvalue weighted by atomic mass is 16.5. The molecule has 0 aromatic heterocycles. The Balaban J connectivity index is 1.35. The number of hydrogen-bond donors (Lipinski definition) is 6. The molecule has 6 rings (SSSR count). The molecule has 10 heteroatoms. The van der Waals surface area contributed by atoms with Gasteiger partial charge in [-0.2, -0.15) is 0 Å². The Hall–Kier alpha value is -4.15. The number of ether oxygens (including phenoxy) is 3. The normalized spacial score (nSPS) is 22.2. The first kappa shape index (κ1) is 40.5. The van der Waals surface area contributed by atoms with Crippen molar-refractivity contribution >= 4 is 5.96 Å². The fourth-order valence-electron chi connectivity index (χ4n) is 9.37. The Morgan fingerprint density at radius 3 is 2.51 bits per heavy atom. The van der Waals surface area contributed by atoms with E-state index in [0.717, 1.165) is 116 Å². The van der Waals surface area contributed by atoms with E-state index < -0.39 is 12.2 Å². The van der Waals surface area contributed by atoms with E-state index in [2.05, 4.69) is 31.8 Å². The fraction of sp³-hybridized carbons (Fsp3) is 0.578. The van der Waals surface area contributed by atoms with Gasteiger partial charge in [0.25, 0.3) is 0 Å². The van der Waals surface area contributed by atoms with Gasteiger partial charge in [-0.3, -0.25) is 4.99 Å². The molecule has 55 heavy (non-hydrogen) atoms. The summed E-state index contributed by atoms with van der Waals surface area (Å²) in [6, 6.07) is 11.3. The third kappa shape index (κ3) is 9.29. The summed E-state index contributed by atoms with van der Waals surface area (Å²) in [5, 5.41) is 43.6. The number of aliphatic imine (C=N–C) groups is 1. The van der Waals surface area contributed by atoms with Gasteiger partial charge >= 0.3 is 0 Å². The van der Waals surface area contributed by atoms with Crippen LogP contribution in [-0.2, 0) is 19.3 Å². The van der Waals surface area contributed by atoms with Crippen LogP contribution in [0.15, 0.2) is 41.4 Å². The van der Waals surface area contributed by atoms with Crippen molar-refractivity contribution in [2.45, 2.75) is 128 Å². The number of benzene rings is 3. The van der Waals surface area contributed by atoms with Crippen molar-refractivity contribution in [2.24, 2.45) is 34.2 Å². The second-order valence-corrected chi connectivity index (χ2v) is 16.5. The van der Waals surface area contributed by atoms with E-state index in [-0.39, 0.29) is 36.3 Å². The number of hydrogen-bond acceptors (Lipinski definition) is 8. The number of guanidine groups is 1. The predicted molar refractivity (Wildman–Crippen MR) is 217 cm³/mol. The van der Waals surface area contributed by atoms with Gasteiger partial charge in [0.1, 0.15) is 29.5 Å². The number of aliphatic hydroxyl groups excluding tert-OH is 2. The van der Waals surface area contributed by atoms with Gasteiger partial charge in [0.05, 0.1) is 13.2 Å². The van der Waals surface area contributed by atoms with Crippen molar-refractivity contribution < 1.29 is 34.6 Å². The lowest BCUT2D eigenvalue weighted by molar-refractivity contribution is 0.0198. The molecule has 3 aliphatic rings. The van der Waals surface area contributed by atoms with Crippen LogP contribution in [0, 0.1) is 17.8 Å². The molecule has 8 N–H and O–H groups in total. The summed E-state index contributed by atoms with van der Waals surface area (Å²) in [4.78, 5) is 4.18. The minimum Gasteiger partial charge on any atom is -0.508 e. The number of aliphatic hydroxyl groups is 2. The zero-order valence-corrected chi connectivity index (χ0v) is 33.2. The second-order valence-electron chi connectivity index (χ2n) is 16.5. The lowest BCUT2D eigenvalue weighted by atomic mass is 9.71. The van der Waals surface area contributed by atoms with E-state index in [1.807, 2.05) is 18.2 Å². The maximum atomic E-state index is 11.9. The summed E-state index contributed by atoms with van der Waals surface area (Å²) in [7, 11) is 1.69. The lowest BCUT2D eigenvalue weighted by Crippen LogP contribution is -2.33. The van der Waals surface area contributed by atoms with Crippen LogP contribution in [0.4, 0.5) is 0 Å². The van der Waals surface area contributed by atoms with Gasteiger partial charge in [-0.05, 0) is 140 Å². The van der Waals surface area contributed by atoms with Crippen LogP contribution in [0.1, 0.15) is 125 Å². The van der Waals surface area contributed by atoms with Gasteiger partial charge in [-0.1, -0.05) is 39.7 Å². The number of rotatable bonds is 16. The van der Waals surface area contributed by atoms with E-state index in [1.165, 1.54) is 0 Å². The number of fused-ring (bicyclic) bond motifs is 5. The summed E-state index contributed by atoms with van der Waals surface area (Å²) in [5.41, 5.74) is 18.1. The van der Waals surface area contributed by atoms with Crippen molar-refractivity contribution in [3.63, 3.8) is 0 Å². The first-order valence-corrected chi connectivity index (χ1v) is 20.6. The van der Waals surface area contributed by atoms with Gasteiger partial charge in [0, 0.05) is 36.8 Å². The highest BCUT2D eigenvalue weighted by molar-refractivity contribution is 5.83. The van der Waals surface area contributed by atoms with E-state index in [0.29, 0.717) is 47.8 Å². The molecule has 1 aliphatic heterocycles. The van der Waals surface area contributed by atoms with Crippen LogP contribution in [0.2, 0.25) is 0 Å². The van der Waals surface area contributed by atoms with E-state index in [9.17, 15) is 20.4 Å². The summed E-state index contributed by atoms with van der Waals surface area (Å²) >= 11 is 0. The number of methoxy groups -OCH3 is 1. The maximum absolute atomic E-state index is 11.9. The molecule has 0 spiro atoms. The minimum absolute atomic E-state index is 0.0486. The minimum atomic E-state index is -0.851. The molecule has 0 radical (unpaired) electrons. The molecule has 0 saturated heterocycles. The van der Waals surface area contributed by atoms with Crippen LogP contribution < -0.4 is 25.7 Å². The number of nitrogens with two attached hydrogens (primary N) is 2. The Morgan fingerprint density at radius 1 is 0.982 bits per heavy atom. The zero-order valence-electron chi connectivity index (χ0n) is 33.2.